The van der Waals surface area contributed by atoms with Crippen molar-refractivity contribution in [3.63, 3.8) is 0 Å². The fourth-order valence-electron chi connectivity index (χ4n) is 2.41. The second kappa shape index (κ2) is 5.45. The average Bonchev–Trinajstić information content (AvgIpc) is 2.68. The Bertz CT molecular complexity index is 660. The molecule has 0 unspecified atom stereocenters. The molecule has 0 saturated carbocycles. The Balaban J connectivity index is 2.43. The van der Waals surface area contributed by atoms with Crippen molar-refractivity contribution in [3.8, 4) is 5.75 Å². The maximum Gasteiger partial charge on any atom is 0.153 e. The number of carbonyl (C=O) groups is 1. The van der Waals surface area contributed by atoms with Crippen molar-refractivity contribution in [1.29, 1.82) is 0 Å². The SMILES string of the molecule is COc1c(C)cnc(Cn2nc(C)c(C=O)c2C)c1C. The number of nitrogens with zero attached hydrogens (tertiary/aromatic N) is 3. The quantitative estimate of drug-likeness (QED) is 0.803. The summed E-state index contributed by atoms with van der Waals surface area (Å²) < 4.78 is 7.22. The molecule has 0 aliphatic rings. The minimum absolute atomic E-state index is 0.531. The van der Waals surface area contributed by atoms with E-state index in [0.717, 1.165) is 40.2 Å². The zero-order valence-electron chi connectivity index (χ0n) is 12.5. The number of hydrogen-bond donors (Lipinski definition) is 0. The van der Waals surface area contributed by atoms with Gasteiger partial charge in [0.05, 0.1) is 30.6 Å². The summed E-state index contributed by atoms with van der Waals surface area (Å²) in [7, 11) is 1.66. The number of aryl methyl sites for hydroxylation is 2. The fourth-order valence-corrected chi connectivity index (χ4v) is 2.41. The van der Waals surface area contributed by atoms with E-state index in [-0.39, 0.29) is 0 Å². The molecule has 0 amide bonds. The van der Waals surface area contributed by atoms with Gasteiger partial charge in [0, 0.05) is 23.0 Å². The largest absolute Gasteiger partial charge is 0.496 e. The lowest BCUT2D eigenvalue weighted by molar-refractivity contribution is 0.112. The Kier molecular flexibility index (Phi) is 3.88. The molecule has 5 nitrogen and oxygen atoms in total. The molecule has 106 valence electrons. The molecule has 0 atom stereocenters. The number of hydrogen-bond acceptors (Lipinski definition) is 4. The minimum Gasteiger partial charge on any atom is -0.496 e. The lowest BCUT2D eigenvalue weighted by atomic mass is 10.1. The molecule has 0 N–H and O–H groups in total. The first-order valence-electron chi connectivity index (χ1n) is 6.47. The van der Waals surface area contributed by atoms with Gasteiger partial charge in [-0.3, -0.25) is 14.5 Å². The van der Waals surface area contributed by atoms with Gasteiger partial charge in [0.25, 0.3) is 0 Å². The van der Waals surface area contributed by atoms with Gasteiger partial charge in [-0.2, -0.15) is 5.10 Å². The van der Waals surface area contributed by atoms with E-state index in [0.29, 0.717) is 12.1 Å². The van der Waals surface area contributed by atoms with E-state index in [1.165, 1.54) is 0 Å². The lowest BCUT2D eigenvalue weighted by Gasteiger charge is -2.13. The first kappa shape index (κ1) is 14.2. The van der Waals surface area contributed by atoms with Gasteiger partial charge < -0.3 is 4.74 Å². The van der Waals surface area contributed by atoms with Crippen molar-refractivity contribution in [2.24, 2.45) is 0 Å². The highest BCUT2D eigenvalue weighted by Crippen LogP contribution is 2.24. The summed E-state index contributed by atoms with van der Waals surface area (Å²) in [4.78, 5) is 15.5. The van der Waals surface area contributed by atoms with Crippen LogP contribution in [0.2, 0.25) is 0 Å². The lowest BCUT2D eigenvalue weighted by Crippen LogP contribution is -2.09. The van der Waals surface area contributed by atoms with Crippen molar-refractivity contribution in [1.82, 2.24) is 14.8 Å². The zero-order chi connectivity index (χ0) is 14.9. The Labute approximate surface area is 118 Å². The molecule has 0 fully saturated rings. The van der Waals surface area contributed by atoms with E-state index < -0.39 is 0 Å². The summed E-state index contributed by atoms with van der Waals surface area (Å²) in [5.74, 6) is 0.854. The van der Waals surface area contributed by atoms with Crippen LogP contribution in [0.1, 0.15) is 38.6 Å². The van der Waals surface area contributed by atoms with E-state index in [1.807, 2.05) is 32.4 Å². The Hall–Kier alpha value is -2.17. The summed E-state index contributed by atoms with van der Waals surface area (Å²) in [6.07, 6.45) is 2.65. The van der Waals surface area contributed by atoms with Crippen molar-refractivity contribution in [2.75, 3.05) is 7.11 Å². The van der Waals surface area contributed by atoms with Crippen LogP contribution in [0.3, 0.4) is 0 Å². The van der Waals surface area contributed by atoms with Crippen LogP contribution in [0.15, 0.2) is 6.20 Å². The van der Waals surface area contributed by atoms with Gasteiger partial charge >= 0.3 is 0 Å². The molecular weight excluding hydrogens is 254 g/mol. The number of carbonyl (C=O) groups excluding carboxylic acids is 1. The molecule has 2 heterocycles. The number of methoxy groups -OCH3 is 1. The molecule has 0 radical (unpaired) electrons. The number of rotatable bonds is 4. The van der Waals surface area contributed by atoms with Gasteiger partial charge in [0.1, 0.15) is 5.75 Å². The van der Waals surface area contributed by atoms with Gasteiger partial charge in [0.2, 0.25) is 0 Å². The van der Waals surface area contributed by atoms with Gasteiger partial charge in [-0.25, -0.2) is 0 Å². The highest BCUT2D eigenvalue weighted by atomic mass is 16.5. The third-order valence-corrected chi connectivity index (χ3v) is 3.60. The summed E-state index contributed by atoms with van der Waals surface area (Å²) in [5.41, 5.74) is 5.17. The van der Waals surface area contributed by atoms with Crippen molar-refractivity contribution in [2.45, 2.75) is 34.2 Å². The van der Waals surface area contributed by atoms with Crippen LogP contribution in [0.4, 0.5) is 0 Å². The monoisotopic (exact) mass is 273 g/mol. The third kappa shape index (κ3) is 2.31. The van der Waals surface area contributed by atoms with Crippen LogP contribution in [-0.2, 0) is 6.54 Å². The van der Waals surface area contributed by atoms with Crippen LogP contribution in [0.25, 0.3) is 0 Å². The molecule has 0 bridgehead atoms. The summed E-state index contributed by atoms with van der Waals surface area (Å²) >= 11 is 0. The van der Waals surface area contributed by atoms with Gasteiger partial charge in [-0.15, -0.1) is 0 Å². The average molecular weight is 273 g/mol. The molecule has 0 spiro atoms. The first-order valence-corrected chi connectivity index (χ1v) is 6.47. The van der Waals surface area contributed by atoms with Gasteiger partial charge in [-0.05, 0) is 27.7 Å². The van der Waals surface area contributed by atoms with Crippen LogP contribution in [0.5, 0.6) is 5.75 Å². The molecule has 0 saturated heterocycles. The number of ether oxygens (including phenoxy) is 1. The molecule has 0 aliphatic carbocycles. The maximum atomic E-state index is 11.0. The summed E-state index contributed by atoms with van der Waals surface area (Å²) in [6.45, 7) is 8.22. The Morgan fingerprint density at radius 3 is 2.55 bits per heavy atom. The van der Waals surface area contributed by atoms with E-state index in [2.05, 4.69) is 10.1 Å². The molecule has 2 aromatic heterocycles. The van der Waals surface area contributed by atoms with Crippen LogP contribution in [0, 0.1) is 27.7 Å². The number of aldehydes is 1. The Morgan fingerprint density at radius 1 is 1.30 bits per heavy atom. The van der Waals surface area contributed by atoms with Crippen molar-refractivity contribution < 1.29 is 9.53 Å². The topological polar surface area (TPSA) is 57.0 Å². The molecule has 0 aliphatic heterocycles. The normalized spacial score (nSPS) is 10.7. The third-order valence-electron chi connectivity index (χ3n) is 3.60. The first-order chi connectivity index (χ1) is 9.49. The van der Waals surface area contributed by atoms with Crippen LogP contribution in [-0.4, -0.2) is 28.2 Å². The highest BCUT2D eigenvalue weighted by molar-refractivity contribution is 5.78. The van der Waals surface area contributed by atoms with Gasteiger partial charge in [0.15, 0.2) is 6.29 Å². The zero-order valence-corrected chi connectivity index (χ0v) is 12.5. The van der Waals surface area contributed by atoms with Crippen molar-refractivity contribution in [3.05, 3.63) is 40.0 Å². The van der Waals surface area contributed by atoms with E-state index in [4.69, 9.17) is 4.74 Å². The number of aromatic nitrogens is 3. The smallest absolute Gasteiger partial charge is 0.153 e. The molecule has 2 aromatic rings. The van der Waals surface area contributed by atoms with E-state index in [1.54, 1.807) is 13.3 Å². The second-order valence-corrected chi connectivity index (χ2v) is 4.91. The predicted octanol–water partition coefficient (Wildman–Crippen LogP) is 2.38. The van der Waals surface area contributed by atoms with Crippen LogP contribution >= 0.6 is 0 Å². The summed E-state index contributed by atoms with van der Waals surface area (Å²) in [5, 5.41) is 4.40. The molecule has 2 rings (SSSR count). The molecule has 5 heteroatoms. The van der Waals surface area contributed by atoms with Crippen molar-refractivity contribution >= 4 is 6.29 Å². The van der Waals surface area contributed by atoms with Crippen LogP contribution < -0.4 is 4.74 Å². The fraction of sp³-hybridized carbons (Fsp3) is 0.400. The molecule has 20 heavy (non-hydrogen) atoms. The standard InChI is InChI=1S/C15H19N3O2/c1-9-6-16-14(10(2)15(9)20-5)7-18-12(4)13(8-19)11(3)17-18/h6,8H,7H2,1-5H3. The molecule has 0 aromatic carbocycles. The van der Waals surface area contributed by atoms with E-state index in [9.17, 15) is 4.79 Å². The summed E-state index contributed by atoms with van der Waals surface area (Å²) in [6, 6.07) is 0. The highest BCUT2D eigenvalue weighted by Gasteiger charge is 2.14. The van der Waals surface area contributed by atoms with E-state index >= 15 is 0 Å². The number of pyridine rings is 1. The second-order valence-electron chi connectivity index (χ2n) is 4.91. The maximum absolute atomic E-state index is 11.0. The minimum atomic E-state index is 0.531. The van der Waals surface area contributed by atoms with Gasteiger partial charge in [-0.1, -0.05) is 0 Å². The molecular formula is C15H19N3O2. The predicted molar refractivity (Wildman–Crippen MR) is 76.5 cm³/mol. The Morgan fingerprint density at radius 2 is 2.00 bits per heavy atom.